The Bertz CT molecular complexity index is 907. The number of hydrogen-bond acceptors (Lipinski definition) is 3. The summed E-state index contributed by atoms with van der Waals surface area (Å²) < 4.78 is 5.86. The molecule has 94 valence electrons. The molecule has 1 N–H and O–H groups in total. The number of rotatable bonds is 0. The van der Waals surface area contributed by atoms with Gasteiger partial charge in [-0.2, -0.15) is 5.26 Å². The fourth-order valence-electron chi connectivity index (χ4n) is 2.72. The van der Waals surface area contributed by atoms with Crippen LogP contribution in [0.5, 0.6) is 17.2 Å². The lowest BCUT2D eigenvalue weighted by Crippen LogP contribution is -1.97. The van der Waals surface area contributed by atoms with E-state index in [0.717, 1.165) is 21.9 Å². The second-order valence-corrected chi connectivity index (χ2v) is 4.73. The highest BCUT2D eigenvalue weighted by atomic mass is 16.5. The summed E-state index contributed by atoms with van der Waals surface area (Å²) in [4.78, 5) is 0. The lowest BCUT2D eigenvalue weighted by atomic mass is 9.93. The third kappa shape index (κ3) is 1.33. The molecule has 0 bridgehead atoms. The van der Waals surface area contributed by atoms with E-state index in [1.165, 1.54) is 0 Å². The lowest BCUT2D eigenvalue weighted by molar-refractivity contribution is 0.457. The number of ether oxygens (including phenoxy) is 1. The molecule has 3 aromatic carbocycles. The maximum atomic E-state index is 9.59. The Kier molecular flexibility index (Phi) is 2.04. The van der Waals surface area contributed by atoms with E-state index < -0.39 is 0 Å². The van der Waals surface area contributed by atoms with Gasteiger partial charge in [-0.3, -0.25) is 0 Å². The van der Waals surface area contributed by atoms with Crippen LogP contribution in [0.25, 0.3) is 21.9 Å². The van der Waals surface area contributed by atoms with E-state index in [9.17, 15) is 10.4 Å². The van der Waals surface area contributed by atoms with Gasteiger partial charge in [-0.1, -0.05) is 18.2 Å². The van der Waals surface area contributed by atoms with Crippen molar-refractivity contribution in [3.05, 3.63) is 54.1 Å². The average Bonchev–Trinajstić information content (AvgIpc) is 2.47. The van der Waals surface area contributed by atoms with Crippen molar-refractivity contribution >= 4 is 10.8 Å². The van der Waals surface area contributed by atoms with Crippen LogP contribution in [0.4, 0.5) is 0 Å². The van der Waals surface area contributed by atoms with Gasteiger partial charge in [-0.05, 0) is 29.8 Å². The van der Waals surface area contributed by atoms with Crippen LogP contribution in [-0.4, -0.2) is 5.11 Å². The van der Waals surface area contributed by atoms with Crippen molar-refractivity contribution in [1.29, 1.82) is 5.26 Å². The zero-order chi connectivity index (χ0) is 13.7. The van der Waals surface area contributed by atoms with Crippen molar-refractivity contribution in [2.75, 3.05) is 0 Å². The Morgan fingerprint density at radius 2 is 1.85 bits per heavy atom. The van der Waals surface area contributed by atoms with E-state index in [1.807, 2.05) is 24.3 Å². The molecule has 1 heterocycles. The molecule has 0 atom stereocenters. The molecular weight excluding hydrogens is 250 g/mol. The molecule has 20 heavy (non-hydrogen) atoms. The zero-order valence-corrected chi connectivity index (χ0v) is 10.4. The maximum absolute atomic E-state index is 9.59. The average molecular weight is 259 g/mol. The highest BCUT2D eigenvalue weighted by Gasteiger charge is 2.21. The molecule has 0 spiro atoms. The summed E-state index contributed by atoms with van der Waals surface area (Å²) in [5.74, 6) is 1.52. The summed E-state index contributed by atoms with van der Waals surface area (Å²) >= 11 is 0. The number of aromatic hydroxyl groups is 1. The molecule has 0 unspecified atom stereocenters. The van der Waals surface area contributed by atoms with E-state index in [4.69, 9.17) is 4.74 Å². The maximum Gasteiger partial charge on any atom is 0.138 e. The normalized spacial score (nSPS) is 11.6. The first-order valence-corrected chi connectivity index (χ1v) is 6.25. The summed E-state index contributed by atoms with van der Waals surface area (Å²) in [6.45, 7) is 0. The van der Waals surface area contributed by atoms with Gasteiger partial charge in [0.05, 0.1) is 11.6 Å². The molecule has 0 radical (unpaired) electrons. The number of phenols is 1. The van der Waals surface area contributed by atoms with Crippen LogP contribution >= 0.6 is 0 Å². The number of benzene rings is 3. The number of phenolic OH excluding ortho intramolecular Hbond substituents is 1. The third-order valence-electron chi connectivity index (χ3n) is 3.60. The Balaban J connectivity index is 2.17. The molecule has 0 saturated heterocycles. The molecule has 3 aromatic rings. The highest BCUT2D eigenvalue weighted by Crippen LogP contribution is 2.47. The molecule has 0 aliphatic carbocycles. The Morgan fingerprint density at radius 3 is 2.70 bits per heavy atom. The van der Waals surface area contributed by atoms with Crippen molar-refractivity contribution in [3.63, 3.8) is 0 Å². The third-order valence-corrected chi connectivity index (χ3v) is 3.60. The van der Waals surface area contributed by atoms with Gasteiger partial charge in [0.25, 0.3) is 0 Å². The van der Waals surface area contributed by atoms with Crippen LogP contribution in [-0.2, 0) is 0 Å². The highest BCUT2D eigenvalue weighted by molar-refractivity contribution is 6.06. The first kappa shape index (κ1) is 10.9. The SMILES string of the molecule is N#Cc1ccc2c3c(cccc13)-c1ccc(O)cc1O2. The minimum absolute atomic E-state index is 0.174. The first-order valence-electron chi connectivity index (χ1n) is 6.25. The predicted molar refractivity (Wildman–Crippen MR) is 75.8 cm³/mol. The Morgan fingerprint density at radius 1 is 0.950 bits per heavy atom. The molecule has 3 heteroatoms. The van der Waals surface area contributed by atoms with Gasteiger partial charge in [0.15, 0.2) is 0 Å². The molecule has 3 nitrogen and oxygen atoms in total. The minimum atomic E-state index is 0.174. The van der Waals surface area contributed by atoms with Crippen LogP contribution in [0.3, 0.4) is 0 Å². The van der Waals surface area contributed by atoms with Crippen LogP contribution in [0.15, 0.2) is 48.5 Å². The molecule has 0 saturated carbocycles. The predicted octanol–water partition coefficient (Wildman–Crippen LogP) is 4.19. The summed E-state index contributed by atoms with van der Waals surface area (Å²) in [6.07, 6.45) is 0. The lowest BCUT2D eigenvalue weighted by Gasteiger charge is -2.21. The standard InChI is InChI=1S/C17H9NO2/c18-9-10-4-7-15-17-12(10)2-1-3-14(17)13-6-5-11(19)8-16(13)20-15/h1-8,19H. The number of nitriles is 1. The van der Waals surface area contributed by atoms with E-state index in [2.05, 4.69) is 6.07 Å². The molecular formula is C17H9NO2. The van der Waals surface area contributed by atoms with Crippen molar-refractivity contribution < 1.29 is 9.84 Å². The molecule has 4 rings (SSSR count). The monoisotopic (exact) mass is 259 g/mol. The first-order chi connectivity index (χ1) is 9.78. The van der Waals surface area contributed by atoms with Gasteiger partial charge in [0.1, 0.15) is 17.2 Å². The summed E-state index contributed by atoms with van der Waals surface area (Å²) in [5, 5.41) is 20.6. The largest absolute Gasteiger partial charge is 0.508 e. The fraction of sp³-hybridized carbons (Fsp3) is 0. The number of hydrogen-bond donors (Lipinski definition) is 1. The van der Waals surface area contributed by atoms with E-state index in [0.29, 0.717) is 17.1 Å². The van der Waals surface area contributed by atoms with E-state index in [-0.39, 0.29) is 5.75 Å². The van der Waals surface area contributed by atoms with Crippen LogP contribution in [0.1, 0.15) is 5.56 Å². The molecule has 1 aliphatic heterocycles. The quantitative estimate of drug-likeness (QED) is 0.515. The van der Waals surface area contributed by atoms with Crippen molar-refractivity contribution in [3.8, 4) is 34.4 Å². The van der Waals surface area contributed by atoms with Crippen LogP contribution in [0.2, 0.25) is 0 Å². The van der Waals surface area contributed by atoms with E-state index >= 15 is 0 Å². The summed E-state index contributed by atoms with van der Waals surface area (Å²) in [6, 6.07) is 16.7. The zero-order valence-electron chi connectivity index (χ0n) is 10.4. The van der Waals surface area contributed by atoms with Gasteiger partial charge >= 0.3 is 0 Å². The number of nitrogens with zero attached hydrogens (tertiary/aromatic N) is 1. The smallest absolute Gasteiger partial charge is 0.138 e. The molecule has 0 fully saturated rings. The molecule has 0 amide bonds. The molecule has 1 aliphatic rings. The van der Waals surface area contributed by atoms with Crippen LogP contribution < -0.4 is 4.74 Å². The van der Waals surface area contributed by atoms with Gasteiger partial charge in [0.2, 0.25) is 0 Å². The van der Waals surface area contributed by atoms with Crippen molar-refractivity contribution in [2.24, 2.45) is 0 Å². The van der Waals surface area contributed by atoms with Crippen LogP contribution in [0, 0.1) is 11.3 Å². The van der Waals surface area contributed by atoms with Gasteiger partial charge in [-0.15, -0.1) is 0 Å². The fourth-order valence-corrected chi connectivity index (χ4v) is 2.72. The van der Waals surface area contributed by atoms with Gasteiger partial charge in [0, 0.05) is 22.4 Å². The van der Waals surface area contributed by atoms with Crippen molar-refractivity contribution in [1.82, 2.24) is 0 Å². The van der Waals surface area contributed by atoms with E-state index in [1.54, 1.807) is 24.3 Å². The Labute approximate surface area is 115 Å². The Hall–Kier alpha value is -2.99. The minimum Gasteiger partial charge on any atom is -0.508 e. The second kappa shape index (κ2) is 3.75. The van der Waals surface area contributed by atoms with Crippen molar-refractivity contribution in [2.45, 2.75) is 0 Å². The summed E-state index contributed by atoms with van der Waals surface area (Å²) in [5.41, 5.74) is 2.59. The molecule has 0 aromatic heterocycles. The topological polar surface area (TPSA) is 53.2 Å². The second-order valence-electron chi connectivity index (χ2n) is 4.73. The van der Waals surface area contributed by atoms with Gasteiger partial charge < -0.3 is 9.84 Å². The summed E-state index contributed by atoms with van der Waals surface area (Å²) in [7, 11) is 0. The number of fused-ring (bicyclic) bond motifs is 2. The van der Waals surface area contributed by atoms with Gasteiger partial charge in [-0.25, -0.2) is 0 Å².